The molecule has 2 fully saturated rings. The van der Waals surface area contributed by atoms with Gasteiger partial charge in [-0.1, -0.05) is 24.6 Å². The minimum absolute atomic E-state index is 0.0694. The van der Waals surface area contributed by atoms with Gasteiger partial charge in [-0.05, 0) is 37.8 Å². The molecular formula is C21H27N7O2S. The second kappa shape index (κ2) is 9.17. The van der Waals surface area contributed by atoms with Crippen LogP contribution >= 0.6 is 11.8 Å². The molecule has 1 aliphatic carbocycles. The van der Waals surface area contributed by atoms with Crippen LogP contribution in [-0.2, 0) is 11.3 Å². The van der Waals surface area contributed by atoms with Gasteiger partial charge in [-0.2, -0.15) is 5.10 Å². The average molecular weight is 442 g/mol. The van der Waals surface area contributed by atoms with E-state index in [0.717, 1.165) is 61.5 Å². The summed E-state index contributed by atoms with van der Waals surface area (Å²) in [5, 5.41) is 17.0. The Morgan fingerprint density at radius 1 is 1.16 bits per heavy atom. The minimum atomic E-state index is -0.0694. The van der Waals surface area contributed by atoms with Gasteiger partial charge in [0, 0.05) is 19.2 Å². The summed E-state index contributed by atoms with van der Waals surface area (Å²) in [5.74, 6) is 2.64. The molecule has 1 aliphatic heterocycles. The van der Waals surface area contributed by atoms with E-state index in [1.54, 1.807) is 12.5 Å². The number of carbonyl (C=O) groups excluding carboxylic acids is 1. The Labute approximate surface area is 185 Å². The van der Waals surface area contributed by atoms with E-state index < -0.39 is 0 Å². The topological polar surface area (TPSA) is 94.0 Å². The van der Waals surface area contributed by atoms with E-state index >= 15 is 0 Å². The van der Waals surface area contributed by atoms with Gasteiger partial charge in [-0.3, -0.25) is 9.36 Å². The van der Waals surface area contributed by atoms with E-state index in [0.29, 0.717) is 12.6 Å². The fraction of sp³-hybridized carbons (Fsp3) is 0.524. The standard InChI is InChI=1S/C21H27N7O2S/c29-19(23-18-9-10-22-28(18)16-6-1-2-7-16)15-31-21-25-24-20(26-11-3-4-12-26)27(21)14-17-8-5-13-30-17/h5,8-10,13,16H,1-4,6-7,11-12,14-15H2,(H,23,29). The summed E-state index contributed by atoms with van der Waals surface area (Å²) in [5.41, 5.74) is 0. The number of anilines is 2. The number of rotatable bonds is 8. The molecule has 5 rings (SSSR count). The summed E-state index contributed by atoms with van der Waals surface area (Å²) in [6.45, 7) is 2.50. The van der Waals surface area contributed by atoms with Crippen molar-refractivity contribution in [3.05, 3.63) is 36.4 Å². The molecule has 0 spiro atoms. The van der Waals surface area contributed by atoms with Crippen molar-refractivity contribution < 1.29 is 9.21 Å². The van der Waals surface area contributed by atoms with Crippen LogP contribution in [0.5, 0.6) is 0 Å². The number of aromatic nitrogens is 5. The fourth-order valence-electron chi connectivity index (χ4n) is 4.40. The number of amides is 1. The molecule has 1 saturated carbocycles. The van der Waals surface area contributed by atoms with Crippen molar-refractivity contribution >= 4 is 29.4 Å². The van der Waals surface area contributed by atoms with Gasteiger partial charge in [0.05, 0.1) is 30.8 Å². The maximum absolute atomic E-state index is 12.7. The number of furan rings is 1. The molecule has 9 nitrogen and oxygen atoms in total. The predicted molar refractivity (Wildman–Crippen MR) is 118 cm³/mol. The molecule has 0 atom stereocenters. The van der Waals surface area contributed by atoms with Crippen LogP contribution in [0.4, 0.5) is 11.8 Å². The summed E-state index contributed by atoms with van der Waals surface area (Å²) in [6, 6.07) is 6.07. The molecule has 164 valence electrons. The third kappa shape index (κ3) is 4.48. The van der Waals surface area contributed by atoms with Crippen LogP contribution in [-0.4, -0.2) is 49.3 Å². The van der Waals surface area contributed by atoms with Crippen molar-refractivity contribution in [2.75, 3.05) is 29.1 Å². The van der Waals surface area contributed by atoms with E-state index in [2.05, 4.69) is 25.5 Å². The second-order valence-corrected chi connectivity index (χ2v) is 9.02. The van der Waals surface area contributed by atoms with E-state index in [1.807, 2.05) is 27.4 Å². The smallest absolute Gasteiger partial charge is 0.235 e. The summed E-state index contributed by atoms with van der Waals surface area (Å²) in [6.07, 6.45) is 10.4. The molecule has 1 amide bonds. The number of nitrogens with zero attached hydrogens (tertiary/aromatic N) is 6. The average Bonchev–Trinajstić information content (AvgIpc) is 3.59. The molecule has 10 heteroatoms. The van der Waals surface area contributed by atoms with Gasteiger partial charge in [0.25, 0.3) is 0 Å². The van der Waals surface area contributed by atoms with Gasteiger partial charge in [-0.15, -0.1) is 10.2 Å². The van der Waals surface area contributed by atoms with Gasteiger partial charge in [0.15, 0.2) is 5.16 Å². The highest BCUT2D eigenvalue weighted by molar-refractivity contribution is 7.99. The van der Waals surface area contributed by atoms with Gasteiger partial charge < -0.3 is 14.6 Å². The van der Waals surface area contributed by atoms with Crippen molar-refractivity contribution in [1.29, 1.82) is 0 Å². The lowest BCUT2D eigenvalue weighted by Gasteiger charge is -2.17. The lowest BCUT2D eigenvalue weighted by atomic mass is 10.2. The molecule has 0 aromatic carbocycles. The van der Waals surface area contributed by atoms with Crippen molar-refractivity contribution in [3.8, 4) is 0 Å². The molecule has 3 aromatic rings. The van der Waals surface area contributed by atoms with E-state index in [9.17, 15) is 4.79 Å². The Morgan fingerprint density at radius 3 is 2.77 bits per heavy atom. The molecule has 0 bridgehead atoms. The molecular weight excluding hydrogens is 414 g/mol. The third-order valence-electron chi connectivity index (χ3n) is 5.92. The number of thioether (sulfide) groups is 1. The highest BCUT2D eigenvalue weighted by atomic mass is 32.2. The number of hydrogen-bond acceptors (Lipinski definition) is 7. The van der Waals surface area contributed by atoms with Crippen LogP contribution in [0.1, 0.15) is 50.3 Å². The monoisotopic (exact) mass is 441 g/mol. The van der Waals surface area contributed by atoms with Crippen molar-refractivity contribution in [1.82, 2.24) is 24.5 Å². The number of hydrogen-bond donors (Lipinski definition) is 1. The Kier molecular flexibility index (Phi) is 5.97. The SMILES string of the molecule is O=C(CSc1nnc(N2CCCC2)n1Cc1ccco1)Nc1ccnn1C1CCCC1. The molecule has 4 heterocycles. The molecule has 3 aromatic heterocycles. The molecule has 31 heavy (non-hydrogen) atoms. The van der Waals surface area contributed by atoms with E-state index in [4.69, 9.17) is 4.42 Å². The van der Waals surface area contributed by atoms with Gasteiger partial charge in [-0.25, -0.2) is 4.68 Å². The molecule has 0 radical (unpaired) electrons. The predicted octanol–water partition coefficient (Wildman–Crippen LogP) is 3.56. The van der Waals surface area contributed by atoms with E-state index in [1.165, 1.54) is 24.6 Å². The van der Waals surface area contributed by atoms with Crippen LogP contribution < -0.4 is 10.2 Å². The number of nitrogens with one attached hydrogen (secondary N) is 1. The molecule has 1 saturated heterocycles. The zero-order chi connectivity index (χ0) is 21.0. The second-order valence-electron chi connectivity index (χ2n) is 8.08. The normalized spacial score (nSPS) is 17.0. The van der Waals surface area contributed by atoms with Crippen LogP contribution in [0.2, 0.25) is 0 Å². The maximum Gasteiger partial charge on any atom is 0.235 e. The maximum atomic E-state index is 12.7. The third-order valence-corrected chi connectivity index (χ3v) is 6.89. The Hall–Kier alpha value is -2.75. The lowest BCUT2D eigenvalue weighted by Crippen LogP contribution is -2.23. The van der Waals surface area contributed by atoms with Gasteiger partial charge in [0.2, 0.25) is 11.9 Å². The zero-order valence-electron chi connectivity index (χ0n) is 17.4. The zero-order valence-corrected chi connectivity index (χ0v) is 18.3. The quantitative estimate of drug-likeness (QED) is 0.534. The van der Waals surface area contributed by atoms with Crippen LogP contribution in [0, 0.1) is 0 Å². The highest BCUT2D eigenvalue weighted by Gasteiger charge is 2.23. The first-order valence-electron chi connectivity index (χ1n) is 10.9. The number of carbonyl (C=O) groups is 1. The van der Waals surface area contributed by atoms with Crippen molar-refractivity contribution in [2.45, 2.75) is 56.3 Å². The first-order chi connectivity index (χ1) is 15.3. The summed E-state index contributed by atoms with van der Waals surface area (Å²) in [7, 11) is 0. The fourth-order valence-corrected chi connectivity index (χ4v) is 5.13. The largest absolute Gasteiger partial charge is 0.467 e. The van der Waals surface area contributed by atoms with Crippen molar-refractivity contribution in [2.24, 2.45) is 0 Å². The van der Waals surface area contributed by atoms with Crippen molar-refractivity contribution in [3.63, 3.8) is 0 Å². The molecule has 0 unspecified atom stereocenters. The Balaban J connectivity index is 1.26. The molecule has 1 N–H and O–H groups in total. The lowest BCUT2D eigenvalue weighted by molar-refractivity contribution is -0.113. The highest BCUT2D eigenvalue weighted by Crippen LogP contribution is 2.31. The van der Waals surface area contributed by atoms with Crippen LogP contribution in [0.25, 0.3) is 0 Å². The Morgan fingerprint density at radius 2 is 2.00 bits per heavy atom. The first kappa shape index (κ1) is 20.2. The Bertz CT molecular complexity index is 1000. The summed E-state index contributed by atoms with van der Waals surface area (Å²) < 4.78 is 9.55. The summed E-state index contributed by atoms with van der Waals surface area (Å²) in [4.78, 5) is 14.9. The van der Waals surface area contributed by atoms with Crippen LogP contribution in [0.15, 0.2) is 40.2 Å². The van der Waals surface area contributed by atoms with Gasteiger partial charge >= 0.3 is 0 Å². The first-order valence-corrected chi connectivity index (χ1v) is 11.9. The summed E-state index contributed by atoms with van der Waals surface area (Å²) >= 11 is 1.40. The van der Waals surface area contributed by atoms with Crippen LogP contribution in [0.3, 0.4) is 0 Å². The minimum Gasteiger partial charge on any atom is -0.467 e. The van der Waals surface area contributed by atoms with E-state index in [-0.39, 0.29) is 11.7 Å². The molecule has 2 aliphatic rings. The van der Waals surface area contributed by atoms with Gasteiger partial charge in [0.1, 0.15) is 11.6 Å².